The fourth-order valence-electron chi connectivity index (χ4n) is 1.35. The lowest BCUT2D eigenvalue weighted by Crippen LogP contribution is -2.02. The van der Waals surface area contributed by atoms with E-state index >= 15 is 0 Å². The highest BCUT2D eigenvalue weighted by Crippen LogP contribution is 2.15. The van der Waals surface area contributed by atoms with Gasteiger partial charge in [0, 0.05) is 6.08 Å². The third kappa shape index (κ3) is 4.12. The number of allylic oxidation sites excluding steroid dienone is 1. The minimum Gasteiger partial charge on any atom is -0.463 e. The Labute approximate surface area is 101 Å². The number of hydrogen-bond donors (Lipinski definition) is 0. The smallest absolute Gasteiger partial charge is 0.332 e. The maximum absolute atomic E-state index is 11.4. The standard InChI is InChI=1S/C14H15NO2/c1-3-7-17-14(16)9-13(10-15)12-6-4-5-11(2)8-12/h4-6,8-9H,3,7H2,1-2H3. The molecular formula is C14H15NO2. The Hall–Kier alpha value is -2.08. The van der Waals surface area contributed by atoms with E-state index in [2.05, 4.69) is 0 Å². The van der Waals surface area contributed by atoms with Gasteiger partial charge in [-0.15, -0.1) is 0 Å². The lowest BCUT2D eigenvalue weighted by atomic mass is 10.0. The van der Waals surface area contributed by atoms with Crippen molar-refractivity contribution in [1.29, 1.82) is 5.26 Å². The number of ether oxygens (including phenoxy) is 1. The van der Waals surface area contributed by atoms with E-state index < -0.39 is 5.97 Å². The monoisotopic (exact) mass is 229 g/mol. The molecule has 0 aromatic heterocycles. The molecule has 0 N–H and O–H groups in total. The van der Waals surface area contributed by atoms with Gasteiger partial charge in [-0.3, -0.25) is 0 Å². The van der Waals surface area contributed by atoms with Crippen LogP contribution in [0.3, 0.4) is 0 Å². The Morgan fingerprint density at radius 3 is 2.88 bits per heavy atom. The SMILES string of the molecule is CCCOC(=O)C=C(C#N)c1cccc(C)c1. The summed E-state index contributed by atoms with van der Waals surface area (Å²) in [6.45, 7) is 4.23. The van der Waals surface area contributed by atoms with Crippen molar-refractivity contribution in [1.82, 2.24) is 0 Å². The highest BCUT2D eigenvalue weighted by Gasteiger charge is 2.05. The van der Waals surface area contributed by atoms with Gasteiger partial charge in [-0.2, -0.15) is 5.26 Å². The third-order valence-corrected chi connectivity index (χ3v) is 2.16. The quantitative estimate of drug-likeness (QED) is 0.453. The first-order valence-electron chi connectivity index (χ1n) is 5.53. The predicted octanol–water partition coefficient (Wildman–Crippen LogP) is 2.86. The lowest BCUT2D eigenvalue weighted by Gasteiger charge is -2.01. The Kier molecular flexibility index (Phi) is 4.96. The van der Waals surface area contributed by atoms with Crippen LogP contribution in [0.25, 0.3) is 5.57 Å². The first kappa shape index (κ1) is 13.0. The van der Waals surface area contributed by atoms with Crippen LogP contribution in [0.2, 0.25) is 0 Å². The molecule has 0 unspecified atom stereocenters. The minimum atomic E-state index is -0.468. The van der Waals surface area contributed by atoms with Crippen LogP contribution < -0.4 is 0 Å². The van der Waals surface area contributed by atoms with Crippen LogP contribution in [0, 0.1) is 18.3 Å². The molecule has 0 aliphatic carbocycles. The Morgan fingerprint density at radius 1 is 1.53 bits per heavy atom. The molecule has 3 nitrogen and oxygen atoms in total. The van der Waals surface area contributed by atoms with Gasteiger partial charge >= 0.3 is 5.97 Å². The summed E-state index contributed by atoms with van der Waals surface area (Å²) in [7, 11) is 0. The summed E-state index contributed by atoms with van der Waals surface area (Å²) < 4.78 is 4.91. The molecule has 0 aliphatic heterocycles. The van der Waals surface area contributed by atoms with Crippen LogP contribution in [-0.4, -0.2) is 12.6 Å². The van der Waals surface area contributed by atoms with Gasteiger partial charge in [-0.25, -0.2) is 4.79 Å². The van der Waals surface area contributed by atoms with E-state index in [1.54, 1.807) is 6.07 Å². The average Bonchev–Trinajstić information content (AvgIpc) is 2.33. The van der Waals surface area contributed by atoms with E-state index in [0.717, 1.165) is 17.5 Å². The van der Waals surface area contributed by atoms with E-state index in [1.807, 2.05) is 38.1 Å². The van der Waals surface area contributed by atoms with Gasteiger partial charge in [0.1, 0.15) is 6.07 Å². The van der Waals surface area contributed by atoms with Gasteiger partial charge in [-0.1, -0.05) is 36.8 Å². The van der Waals surface area contributed by atoms with E-state index in [0.29, 0.717) is 12.2 Å². The van der Waals surface area contributed by atoms with E-state index in [4.69, 9.17) is 10.00 Å². The largest absolute Gasteiger partial charge is 0.463 e. The summed E-state index contributed by atoms with van der Waals surface area (Å²) in [6, 6.07) is 9.47. The number of hydrogen-bond acceptors (Lipinski definition) is 3. The fraction of sp³-hybridized carbons (Fsp3) is 0.286. The molecule has 0 aliphatic rings. The van der Waals surface area contributed by atoms with Crippen molar-refractivity contribution < 1.29 is 9.53 Å². The molecule has 3 heteroatoms. The van der Waals surface area contributed by atoms with E-state index in [-0.39, 0.29) is 0 Å². The Morgan fingerprint density at radius 2 is 2.29 bits per heavy atom. The molecule has 1 aromatic carbocycles. The number of esters is 1. The molecule has 0 atom stereocenters. The first-order valence-corrected chi connectivity index (χ1v) is 5.53. The summed E-state index contributed by atoms with van der Waals surface area (Å²) in [6.07, 6.45) is 2.01. The highest BCUT2D eigenvalue weighted by molar-refractivity contribution is 5.95. The van der Waals surface area contributed by atoms with Crippen LogP contribution in [0.15, 0.2) is 30.3 Å². The second-order valence-electron chi connectivity index (χ2n) is 3.71. The minimum absolute atomic E-state index is 0.329. The molecule has 1 aromatic rings. The normalized spacial score (nSPS) is 10.8. The topological polar surface area (TPSA) is 50.1 Å². The Bertz CT molecular complexity index is 469. The molecule has 88 valence electrons. The number of nitriles is 1. The summed E-state index contributed by atoms with van der Waals surface area (Å²) >= 11 is 0. The van der Waals surface area contributed by atoms with Crippen molar-refractivity contribution in [2.45, 2.75) is 20.3 Å². The zero-order valence-electron chi connectivity index (χ0n) is 10.1. The molecule has 0 saturated carbocycles. The second kappa shape index (κ2) is 6.49. The number of aryl methyl sites for hydroxylation is 1. The zero-order valence-corrected chi connectivity index (χ0v) is 10.1. The molecule has 0 amide bonds. The maximum Gasteiger partial charge on any atom is 0.332 e. The maximum atomic E-state index is 11.4. The van der Waals surface area contributed by atoms with Crippen molar-refractivity contribution in [3.63, 3.8) is 0 Å². The molecule has 1 rings (SSSR count). The molecule has 17 heavy (non-hydrogen) atoms. The van der Waals surface area contributed by atoms with Crippen molar-refractivity contribution in [3.05, 3.63) is 41.5 Å². The summed E-state index contributed by atoms with van der Waals surface area (Å²) in [5.74, 6) is -0.468. The molecule has 0 fully saturated rings. The van der Waals surface area contributed by atoms with E-state index in [1.165, 1.54) is 6.08 Å². The molecule has 0 radical (unpaired) electrons. The van der Waals surface area contributed by atoms with Crippen LogP contribution in [0.5, 0.6) is 0 Å². The first-order chi connectivity index (χ1) is 8.17. The molecule has 0 spiro atoms. The number of carbonyl (C=O) groups excluding carboxylic acids is 1. The van der Waals surface area contributed by atoms with Gasteiger partial charge in [0.05, 0.1) is 12.2 Å². The lowest BCUT2D eigenvalue weighted by molar-refractivity contribution is -0.137. The van der Waals surface area contributed by atoms with Crippen molar-refractivity contribution in [2.75, 3.05) is 6.61 Å². The predicted molar refractivity (Wildman–Crippen MR) is 66.0 cm³/mol. The number of carbonyl (C=O) groups is 1. The summed E-state index contributed by atoms with van der Waals surface area (Å²) in [5, 5.41) is 9.02. The van der Waals surface area contributed by atoms with Crippen molar-refractivity contribution in [3.8, 4) is 6.07 Å². The molecule has 0 saturated heterocycles. The number of benzene rings is 1. The zero-order chi connectivity index (χ0) is 12.7. The van der Waals surface area contributed by atoms with Gasteiger partial charge in [0.25, 0.3) is 0 Å². The van der Waals surface area contributed by atoms with Crippen LogP contribution >= 0.6 is 0 Å². The van der Waals surface area contributed by atoms with Gasteiger partial charge < -0.3 is 4.74 Å². The third-order valence-electron chi connectivity index (χ3n) is 2.16. The van der Waals surface area contributed by atoms with Crippen molar-refractivity contribution >= 4 is 11.5 Å². The number of nitrogens with zero attached hydrogens (tertiary/aromatic N) is 1. The molecule has 0 bridgehead atoms. The highest BCUT2D eigenvalue weighted by atomic mass is 16.5. The summed E-state index contributed by atoms with van der Waals surface area (Å²) in [5.41, 5.74) is 2.11. The Balaban J connectivity index is 2.89. The number of rotatable bonds is 4. The summed E-state index contributed by atoms with van der Waals surface area (Å²) in [4.78, 5) is 11.4. The van der Waals surface area contributed by atoms with Crippen LogP contribution in [0.4, 0.5) is 0 Å². The van der Waals surface area contributed by atoms with Crippen molar-refractivity contribution in [2.24, 2.45) is 0 Å². The molecule has 0 heterocycles. The fourth-order valence-corrected chi connectivity index (χ4v) is 1.35. The second-order valence-corrected chi connectivity index (χ2v) is 3.71. The van der Waals surface area contributed by atoms with Crippen LogP contribution in [-0.2, 0) is 9.53 Å². The van der Waals surface area contributed by atoms with Crippen LogP contribution in [0.1, 0.15) is 24.5 Å². The van der Waals surface area contributed by atoms with Gasteiger partial charge in [0.2, 0.25) is 0 Å². The average molecular weight is 229 g/mol. The van der Waals surface area contributed by atoms with Gasteiger partial charge in [-0.05, 0) is 18.9 Å². The van der Waals surface area contributed by atoms with Gasteiger partial charge in [0.15, 0.2) is 0 Å². The van der Waals surface area contributed by atoms with E-state index in [9.17, 15) is 4.79 Å². The molecular weight excluding hydrogens is 214 g/mol.